The number of anilines is 1. The number of carbonyl (C=O) groups excluding carboxylic acids is 2. The SMILES string of the molecule is CN1CCC(C(=O)C2c3cc(Cl)ccc3NC(=O)c3ccccc32)CC1. The van der Waals surface area contributed by atoms with Crippen molar-refractivity contribution in [3.05, 3.63) is 64.2 Å². The Morgan fingerprint density at radius 3 is 2.62 bits per heavy atom. The van der Waals surface area contributed by atoms with Gasteiger partial charge in [0, 0.05) is 22.2 Å². The zero-order valence-electron chi connectivity index (χ0n) is 14.7. The van der Waals surface area contributed by atoms with Crippen LogP contribution in [-0.4, -0.2) is 36.7 Å². The largest absolute Gasteiger partial charge is 0.322 e. The maximum atomic E-state index is 13.6. The van der Waals surface area contributed by atoms with Crippen LogP contribution in [0.2, 0.25) is 5.02 Å². The molecule has 4 rings (SSSR count). The minimum absolute atomic E-state index is 0.00397. The second-order valence-corrected chi connectivity index (χ2v) is 7.62. The highest BCUT2D eigenvalue weighted by molar-refractivity contribution is 6.31. The normalized spacial score (nSPS) is 20.7. The first-order chi connectivity index (χ1) is 12.5. The highest BCUT2D eigenvalue weighted by Crippen LogP contribution is 2.40. The molecule has 4 nitrogen and oxygen atoms in total. The van der Waals surface area contributed by atoms with E-state index < -0.39 is 5.92 Å². The van der Waals surface area contributed by atoms with Crippen LogP contribution in [0.3, 0.4) is 0 Å². The molecule has 2 aliphatic heterocycles. The molecule has 2 heterocycles. The summed E-state index contributed by atoms with van der Waals surface area (Å²) >= 11 is 6.24. The molecule has 1 atom stereocenters. The third-order valence-corrected chi connectivity index (χ3v) is 5.73. The maximum Gasteiger partial charge on any atom is 0.255 e. The van der Waals surface area contributed by atoms with Gasteiger partial charge in [-0.05, 0) is 68.4 Å². The fourth-order valence-electron chi connectivity index (χ4n) is 4.03. The lowest BCUT2D eigenvalue weighted by atomic mass is 9.78. The van der Waals surface area contributed by atoms with E-state index in [4.69, 9.17) is 11.6 Å². The van der Waals surface area contributed by atoms with Crippen LogP contribution in [0.25, 0.3) is 0 Å². The molecule has 1 unspecified atom stereocenters. The molecule has 1 saturated heterocycles. The molecule has 2 aliphatic rings. The zero-order chi connectivity index (χ0) is 18.3. The molecular weight excluding hydrogens is 348 g/mol. The van der Waals surface area contributed by atoms with E-state index in [1.807, 2.05) is 24.3 Å². The van der Waals surface area contributed by atoms with Crippen LogP contribution < -0.4 is 5.32 Å². The summed E-state index contributed by atoms with van der Waals surface area (Å²) in [7, 11) is 2.08. The fraction of sp³-hybridized carbons (Fsp3) is 0.333. The van der Waals surface area contributed by atoms with Gasteiger partial charge in [0.15, 0.2) is 0 Å². The van der Waals surface area contributed by atoms with Gasteiger partial charge in [0.1, 0.15) is 5.78 Å². The van der Waals surface area contributed by atoms with E-state index >= 15 is 0 Å². The number of Topliss-reactive ketones (excluding diaryl/α,β-unsaturated/α-hetero) is 1. The molecule has 2 aromatic carbocycles. The molecule has 0 aliphatic carbocycles. The number of halogens is 1. The van der Waals surface area contributed by atoms with Crippen LogP contribution in [0.1, 0.15) is 40.2 Å². The Labute approximate surface area is 158 Å². The number of amides is 1. The molecule has 0 bridgehead atoms. The first kappa shape index (κ1) is 17.3. The van der Waals surface area contributed by atoms with Crippen LogP contribution in [0.15, 0.2) is 42.5 Å². The topological polar surface area (TPSA) is 49.4 Å². The number of likely N-dealkylation sites (tertiary alicyclic amines) is 1. The van der Waals surface area contributed by atoms with Crippen molar-refractivity contribution in [3.63, 3.8) is 0 Å². The molecule has 0 aromatic heterocycles. The number of carbonyl (C=O) groups is 2. The number of benzene rings is 2. The number of nitrogens with one attached hydrogen (secondary N) is 1. The van der Waals surface area contributed by atoms with Gasteiger partial charge < -0.3 is 10.2 Å². The van der Waals surface area contributed by atoms with Crippen LogP contribution >= 0.6 is 11.6 Å². The monoisotopic (exact) mass is 368 g/mol. The molecule has 2 aromatic rings. The number of hydrogen-bond acceptors (Lipinski definition) is 3. The van der Waals surface area contributed by atoms with Gasteiger partial charge >= 0.3 is 0 Å². The van der Waals surface area contributed by atoms with Crippen molar-refractivity contribution in [1.82, 2.24) is 4.90 Å². The van der Waals surface area contributed by atoms with E-state index in [1.54, 1.807) is 18.2 Å². The van der Waals surface area contributed by atoms with Crippen molar-refractivity contribution in [3.8, 4) is 0 Å². The van der Waals surface area contributed by atoms with E-state index in [9.17, 15) is 9.59 Å². The minimum Gasteiger partial charge on any atom is -0.322 e. The molecule has 0 spiro atoms. The molecule has 1 amide bonds. The van der Waals surface area contributed by atoms with Crippen molar-refractivity contribution in [2.45, 2.75) is 18.8 Å². The Hall–Kier alpha value is -2.17. The second kappa shape index (κ2) is 6.86. The van der Waals surface area contributed by atoms with Crippen molar-refractivity contribution in [2.75, 3.05) is 25.5 Å². The number of ketones is 1. The molecule has 1 fully saturated rings. The lowest BCUT2D eigenvalue weighted by Gasteiger charge is -2.31. The highest BCUT2D eigenvalue weighted by atomic mass is 35.5. The van der Waals surface area contributed by atoms with Crippen molar-refractivity contribution in [2.24, 2.45) is 5.92 Å². The van der Waals surface area contributed by atoms with Crippen LogP contribution in [0.4, 0.5) is 5.69 Å². The summed E-state index contributed by atoms with van der Waals surface area (Å²) in [6.07, 6.45) is 1.70. The standard InChI is InChI=1S/C21H21ClN2O2/c1-24-10-8-13(9-11-24)20(25)19-15-4-2-3-5-16(15)21(26)23-18-7-6-14(22)12-17(18)19/h2-7,12-13,19H,8-11H2,1H3,(H,23,26). The molecule has 1 N–H and O–H groups in total. The quantitative estimate of drug-likeness (QED) is 0.873. The Morgan fingerprint density at radius 2 is 1.85 bits per heavy atom. The molecule has 0 radical (unpaired) electrons. The Morgan fingerprint density at radius 1 is 1.12 bits per heavy atom. The van der Waals surface area contributed by atoms with E-state index in [-0.39, 0.29) is 17.6 Å². The van der Waals surface area contributed by atoms with Gasteiger partial charge in [-0.1, -0.05) is 29.8 Å². The zero-order valence-corrected chi connectivity index (χ0v) is 15.4. The number of nitrogens with zero attached hydrogens (tertiary/aromatic N) is 1. The smallest absolute Gasteiger partial charge is 0.255 e. The first-order valence-corrected chi connectivity index (χ1v) is 9.34. The minimum atomic E-state index is -0.466. The maximum absolute atomic E-state index is 13.6. The van der Waals surface area contributed by atoms with Crippen LogP contribution in [-0.2, 0) is 4.79 Å². The number of fused-ring (bicyclic) bond motifs is 2. The van der Waals surface area contributed by atoms with Crippen molar-refractivity contribution in [1.29, 1.82) is 0 Å². The molecule has 26 heavy (non-hydrogen) atoms. The van der Waals surface area contributed by atoms with Gasteiger partial charge in [-0.3, -0.25) is 9.59 Å². The predicted octanol–water partition coefficient (Wildman–Crippen LogP) is 3.95. The second-order valence-electron chi connectivity index (χ2n) is 7.19. The molecule has 134 valence electrons. The third kappa shape index (κ3) is 3.04. The average molecular weight is 369 g/mol. The van der Waals surface area contributed by atoms with Crippen LogP contribution in [0.5, 0.6) is 0 Å². The molecule has 5 heteroatoms. The van der Waals surface area contributed by atoms with E-state index in [0.717, 1.165) is 37.1 Å². The Balaban J connectivity index is 1.84. The number of piperidine rings is 1. The Bertz CT molecular complexity index is 872. The summed E-state index contributed by atoms with van der Waals surface area (Å²) < 4.78 is 0. The van der Waals surface area contributed by atoms with Gasteiger partial charge in [0.25, 0.3) is 5.91 Å². The first-order valence-electron chi connectivity index (χ1n) is 8.96. The van der Waals surface area contributed by atoms with Crippen molar-refractivity contribution < 1.29 is 9.59 Å². The number of hydrogen-bond donors (Lipinski definition) is 1. The van der Waals surface area contributed by atoms with Gasteiger partial charge in [0.05, 0.1) is 5.92 Å². The molecule has 0 saturated carbocycles. The van der Waals surface area contributed by atoms with Gasteiger partial charge in [-0.2, -0.15) is 0 Å². The third-order valence-electron chi connectivity index (χ3n) is 5.49. The Kier molecular flexibility index (Phi) is 4.55. The highest BCUT2D eigenvalue weighted by Gasteiger charge is 2.36. The fourth-order valence-corrected chi connectivity index (χ4v) is 4.21. The van der Waals surface area contributed by atoms with Crippen molar-refractivity contribution >= 4 is 29.0 Å². The summed E-state index contributed by atoms with van der Waals surface area (Å²) in [5.74, 6) is -0.454. The van der Waals surface area contributed by atoms with Crippen LogP contribution in [0, 0.1) is 5.92 Å². The van der Waals surface area contributed by atoms with E-state index in [0.29, 0.717) is 16.3 Å². The summed E-state index contributed by atoms with van der Waals surface area (Å²) in [5.41, 5.74) is 2.79. The summed E-state index contributed by atoms with van der Waals surface area (Å²) in [5, 5.41) is 3.51. The lowest BCUT2D eigenvalue weighted by Crippen LogP contribution is -2.35. The molecular formula is C21H21ClN2O2. The van der Waals surface area contributed by atoms with E-state index in [1.165, 1.54) is 0 Å². The average Bonchev–Trinajstić information content (AvgIpc) is 2.76. The van der Waals surface area contributed by atoms with E-state index in [2.05, 4.69) is 17.3 Å². The summed E-state index contributed by atoms with van der Waals surface area (Å²) in [4.78, 5) is 28.5. The lowest BCUT2D eigenvalue weighted by molar-refractivity contribution is -0.124. The van der Waals surface area contributed by atoms with Gasteiger partial charge in [-0.15, -0.1) is 0 Å². The van der Waals surface area contributed by atoms with Gasteiger partial charge in [-0.25, -0.2) is 0 Å². The summed E-state index contributed by atoms with van der Waals surface area (Å²) in [6, 6.07) is 12.7. The predicted molar refractivity (Wildman–Crippen MR) is 103 cm³/mol. The number of rotatable bonds is 2. The van der Waals surface area contributed by atoms with Gasteiger partial charge in [0.2, 0.25) is 0 Å². The summed E-state index contributed by atoms with van der Waals surface area (Å²) in [6.45, 7) is 1.84.